The molecule has 0 unspecified atom stereocenters. The van der Waals surface area contributed by atoms with Crippen molar-refractivity contribution in [1.82, 2.24) is 10.2 Å². The van der Waals surface area contributed by atoms with Crippen LogP contribution in [0.1, 0.15) is 53.7 Å². The summed E-state index contributed by atoms with van der Waals surface area (Å²) in [5, 5.41) is 3.05. The Balaban J connectivity index is 1.89. The van der Waals surface area contributed by atoms with E-state index < -0.39 is 5.60 Å². The molecular formula is C18H24N2O3. The summed E-state index contributed by atoms with van der Waals surface area (Å²) >= 11 is 0. The smallest absolute Gasteiger partial charge is 0.410 e. The topological polar surface area (TPSA) is 58.6 Å². The van der Waals surface area contributed by atoms with Crippen LogP contribution < -0.4 is 5.32 Å². The van der Waals surface area contributed by atoms with E-state index >= 15 is 0 Å². The number of ether oxygens (including phenoxy) is 1. The summed E-state index contributed by atoms with van der Waals surface area (Å²) in [4.78, 5) is 26.4. The van der Waals surface area contributed by atoms with Crippen LogP contribution in [0.15, 0.2) is 12.1 Å². The van der Waals surface area contributed by atoms with Crippen LogP contribution in [0.25, 0.3) is 0 Å². The highest BCUT2D eigenvalue weighted by Gasteiger charge is 2.43. The molecule has 2 aliphatic rings. The Morgan fingerprint density at radius 1 is 1.26 bits per heavy atom. The maximum atomic E-state index is 12.4. The Kier molecular flexibility index (Phi) is 3.62. The van der Waals surface area contributed by atoms with Crippen molar-refractivity contribution in [3.8, 4) is 0 Å². The third-order valence-corrected chi connectivity index (χ3v) is 4.42. The van der Waals surface area contributed by atoms with Crippen LogP contribution in [-0.2, 0) is 4.74 Å². The second-order valence-electron chi connectivity index (χ2n) is 7.62. The van der Waals surface area contributed by atoms with Crippen LogP contribution in [0.5, 0.6) is 0 Å². The number of fused-ring (bicyclic) bond motifs is 3. The number of nitrogens with zero attached hydrogens (tertiary/aromatic N) is 1. The zero-order valence-electron chi connectivity index (χ0n) is 14.4. The van der Waals surface area contributed by atoms with Gasteiger partial charge in [0.25, 0.3) is 5.91 Å². The average molecular weight is 316 g/mol. The zero-order chi connectivity index (χ0) is 16.9. The lowest BCUT2D eigenvalue weighted by atomic mass is 9.83. The molecule has 2 atom stereocenters. The van der Waals surface area contributed by atoms with Gasteiger partial charge in [-0.15, -0.1) is 0 Å². The predicted molar refractivity (Wildman–Crippen MR) is 87.7 cm³/mol. The monoisotopic (exact) mass is 316 g/mol. The lowest BCUT2D eigenvalue weighted by molar-refractivity contribution is 0.0288. The average Bonchev–Trinajstić information content (AvgIpc) is 2.79. The molecule has 1 N–H and O–H groups in total. The molecule has 1 aromatic rings. The second-order valence-corrected chi connectivity index (χ2v) is 7.62. The molecular weight excluding hydrogens is 292 g/mol. The molecule has 3 rings (SSSR count). The number of hydrogen-bond donors (Lipinski definition) is 1. The molecule has 5 heteroatoms. The van der Waals surface area contributed by atoms with E-state index in [2.05, 4.69) is 11.4 Å². The third-order valence-electron chi connectivity index (χ3n) is 4.42. The summed E-state index contributed by atoms with van der Waals surface area (Å²) in [6.07, 6.45) is -0.313. The highest BCUT2D eigenvalue weighted by molar-refractivity contribution is 5.99. The molecule has 2 amide bonds. The van der Waals surface area contributed by atoms with Crippen LogP contribution in [0.4, 0.5) is 4.79 Å². The van der Waals surface area contributed by atoms with Gasteiger partial charge in [-0.1, -0.05) is 17.7 Å². The van der Waals surface area contributed by atoms with E-state index in [1.807, 2.05) is 40.7 Å². The van der Waals surface area contributed by atoms with E-state index in [1.54, 1.807) is 4.90 Å². The van der Waals surface area contributed by atoms with E-state index in [0.29, 0.717) is 13.1 Å². The Bertz CT molecular complexity index is 676. The Morgan fingerprint density at radius 3 is 2.61 bits per heavy atom. The number of aryl methyl sites for hydroxylation is 2. The summed E-state index contributed by atoms with van der Waals surface area (Å²) in [5.41, 5.74) is 3.45. The molecule has 5 nitrogen and oxygen atoms in total. The molecule has 0 spiro atoms. The molecule has 0 bridgehead atoms. The summed E-state index contributed by atoms with van der Waals surface area (Å²) in [6.45, 7) is 10.7. The van der Waals surface area contributed by atoms with E-state index in [1.165, 1.54) is 0 Å². The van der Waals surface area contributed by atoms with Crippen molar-refractivity contribution in [2.45, 2.75) is 52.2 Å². The molecule has 2 heterocycles. The fourth-order valence-electron chi connectivity index (χ4n) is 3.58. The number of hydrogen-bond acceptors (Lipinski definition) is 3. The van der Waals surface area contributed by atoms with Crippen molar-refractivity contribution >= 4 is 12.0 Å². The summed E-state index contributed by atoms with van der Waals surface area (Å²) in [6, 6.07) is 4.07. The normalized spacial score (nSPS) is 23.2. The van der Waals surface area contributed by atoms with Gasteiger partial charge in [0.1, 0.15) is 5.60 Å². The molecule has 0 radical (unpaired) electrons. The molecule has 1 aromatic carbocycles. The number of nitrogens with one attached hydrogen (secondary N) is 1. The largest absolute Gasteiger partial charge is 0.444 e. The van der Waals surface area contributed by atoms with Crippen LogP contribution in [0.2, 0.25) is 0 Å². The van der Waals surface area contributed by atoms with Crippen molar-refractivity contribution in [3.63, 3.8) is 0 Å². The minimum absolute atomic E-state index is 0.0372. The fourth-order valence-corrected chi connectivity index (χ4v) is 3.58. The standard InChI is InChI=1S/C18H24N2O3/c1-10-6-11(2)15-12(7-10)13-8-20(9-14(13)19-16(15)21)17(22)23-18(3,4)5/h6-7,13-14H,8-9H2,1-5H3,(H,19,21)/t13-,14+/m1/s1. The number of carbonyl (C=O) groups excluding carboxylic acids is 2. The van der Waals surface area contributed by atoms with Gasteiger partial charge in [-0.2, -0.15) is 0 Å². The van der Waals surface area contributed by atoms with E-state index in [9.17, 15) is 9.59 Å². The SMILES string of the molecule is Cc1cc(C)c2c(c1)[C@H]1CN(C(=O)OC(C)(C)C)C[C@@H]1NC2=O. The Labute approximate surface area is 137 Å². The first kappa shape index (κ1) is 15.8. The van der Waals surface area contributed by atoms with E-state index in [0.717, 1.165) is 22.3 Å². The zero-order valence-corrected chi connectivity index (χ0v) is 14.4. The van der Waals surface area contributed by atoms with Gasteiger partial charge in [-0.05, 0) is 45.7 Å². The van der Waals surface area contributed by atoms with Gasteiger partial charge in [0.2, 0.25) is 0 Å². The first-order chi connectivity index (χ1) is 10.7. The molecule has 0 saturated carbocycles. The van der Waals surface area contributed by atoms with Gasteiger partial charge in [0, 0.05) is 24.6 Å². The number of rotatable bonds is 0. The first-order valence-corrected chi connectivity index (χ1v) is 8.05. The lowest BCUT2D eigenvalue weighted by Crippen LogP contribution is -2.45. The van der Waals surface area contributed by atoms with Crippen LogP contribution in [0, 0.1) is 13.8 Å². The van der Waals surface area contributed by atoms with Gasteiger partial charge >= 0.3 is 6.09 Å². The van der Waals surface area contributed by atoms with Crippen LogP contribution in [0.3, 0.4) is 0 Å². The highest BCUT2D eigenvalue weighted by Crippen LogP contribution is 2.36. The van der Waals surface area contributed by atoms with Gasteiger partial charge in [-0.3, -0.25) is 4.79 Å². The maximum Gasteiger partial charge on any atom is 0.410 e. The molecule has 0 aliphatic carbocycles. The Morgan fingerprint density at radius 2 is 1.96 bits per heavy atom. The van der Waals surface area contributed by atoms with Crippen LogP contribution in [-0.4, -0.2) is 41.6 Å². The molecule has 2 aliphatic heterocycles. The molecule has 1 fully saturated rings. The minimum atomic E-state index is -0.515. The van der Waals surface area contributed by atoms with Crippen LogP contribution >= 0.6 is 0 Å². The first-order valence-electron chi connectivity index (χ1n) is 8.05. The number of amides is 2. The van der Waals surface area contributed by atoms with Crippen molar-refractivity contribution in [2.24, 2.45) is 0 Å². The van der Waals surface area contributed by atoms with Gasteiger partial charge in [0.15, 0.2) is 0 Å². The molecule has 1 saturated heterocycles. The molecule has 0 aromatic heterocycles. The minimum Gasteiger partial charge on any atom is -0.444 e. The molecule has 23 heavy (non-hydrogen) atoms. The number of benzene rings is 1. The highest BCUT2D eigenvalue weighted by atomic mass is 16.6. The predicted octanol–water partition coefficient (Wildman–Crippen LogP) is 2.75. The van der Waals surface area contributed by atoms with Crippen molar-refractivity contribution in [3.05, 3.63) is 34.4 Å². The fraction of sp³-hybridized carbons (Fsp3) is 0.556. The third kappa shape index (κ3) is 2.92. The Hall–Kier alpha value is -2.04. The quantitative estimate of drug-likeness (QED) is 0.800. The van der Waals surface area contributed by atoms with Gasteiger partial charge < -0.3 is 15.0 Å². The van der Waals surface area contributed by atoms with Gasteiger partial charge in [-0.25, -0.2) is 4.79 Å². The van der Waals surface area contributed by atoms with E-state index in [-0.39, 0.29) is 24.0 Å². The number of carbonyl (C=O) groups is 2. The van der Waals surface area contributed by atoms with Crippen molar-refractivity contribution in [2.75, 3.05) is 13.1 Å². The van der Waals surface area contributed by atoms with Crippen molar-refractivity contribution < 1.29 is 14.3 Å². The molecule has 124 valence electrons. The summed E-state index contributed by atoms with van der Waals surface area (Å²) < 4.78 is 5.46. The van der Waals surface area contributed by atoms with Crippen molar-refractivity contribution in [1.29, 1.82) is 0 Å². The lowest BCUT2D eigenvalue weighted by Gasteiger charge is -2.29. The van der Waals surface area contributed by atoms with E-state index in [4.69, 9.17) is 4.74 Å². The summed E-state index contributed by atoms with van der Waals surface area (Å²) in [5.74, 6) is 0.0959. The maximum absolute atomic E-state index is 12.4. The second kappa shape index (κ2) is 5.25. The van der Waals surface area contributed by atoms with Gasteiger partial charge in [0.05, 0.1) is 6.04 Å². The number of likely N-dealkylation sites (tertiary alicyclic amines) is 1. The summed E-state index contributed by atoms with van der Waals surface area (Å²) in [7, 11) is 0.